The molecule has 0 radical (unpaired) electrons. The van der Waals surface area contributed by atoms with E-state index < -0.39 is 0 Å². The Hall–Kier alpha value is -0.540. The first-order valence-corrected chi connectivity index (χ1v) is 5.23. The lowest BCUT2D eigenvalue weighted by atomic mass is 10.2. The first-order chi connectivity index (χ1) is 5.66. The number of anilines is 1. The average molecular weight is 242 g/mol. The zero-order valence-corrected chi connectivity index (χ0v) is 9.00. The van der Waals surface area contributed by atoms with Crippen LogP contribution in [0, 0.1) is 6.92 Å². The fourth-order valence-corrected chi connectivity index (χ4v) is 2.90. The summed E-state index contributed by atoms with van der Waals surface area (Å²) < 4.78 is 2.37. The molecule has 0 unspecified atom stereocenters. The monoisotopic (exact) mass is 241 g/mol. The molecular weight excluding hydrogens is 234 g/mol. The fraction of sp³-hybridized carbons (Fsp3) is 0.111. The molecule has 0 aliphatic carbocycles. The molecule has 12 heavy (non-hydrogen) atoms. The van der Waals surface area contributed by atoms with Gasteiger partial charge < -0.3 is 5.73 Å². The summed E-state index contributed by atoms with van der Waals surface area (Å²) in [4.78, 5) is 1.32. The van der Waals surface area contributed by atoms with Crippen LogP contribution in [-0.2, 0) is 0 Å². The highest BCUT2D eigenvalue weighted by molar-refractivity contribution is 9.10. The quantitative estimate of drug-likeness (QED) is 0.702. The van der Waals surface area contributed by atoms with Crippen LogP contribution in [0.1, 0.15) is 4.88 Å². The minimum absolute atomic E-state index is 0.812. The molecule has 2 aromatic rings. The van der Waals surface area contributed by atoms with Gasteiger partial charge >= 0.3 is 0 Å². The van der Waals surface area contributed by atoms with E-state index in [2.05, 4.69) is 28.9 Å². The van der Waals surface area contributed by atoms with Crippen molar-refractivity contribution in [3.8, 4) is 0 Å². The maximum atomic E-state index is 5.71. The van der Waals surface area contributed by atoms with E-state index in [1.165, 1.54) is 15.0 Å². The highest BCUT2D eigenvalue weighted by atomic mass is 79.9. The van der Waals surface area contributed by atoms with E-state index in [0.29, 0.717) is 0 Å². The summed E-state index contributed by atoms with van der Waals surface area (Å²) in [6, 6.07) is 6.10. The number of halogens is 1. The number of thiophene rings is 1. The molecule has 1 aromatic carbocycles. The maximum Gasteiger partial charge on any atom is 0.0489 e. The summed E-state index contributed by atoms with van der Waals surface area (Å²) in [6.45, 7) is 2.10. The van der Waals surface area contributed by atoms with Gasteiger partial charge in [-0.15, -0.1) is 11.3 Å². The SMILES string of the molecule is Cc1cc2cc(N)cc(Br)c2s1. The molecule has 3 heteroatoms. The standard InChI is InChI=1S/C9H8BrNS/c1-5-2-6-3-7(11)4-8(10)9(6)12-5/h2-4H,11H2,1H3. The molecular formula is C9H8BrNS. The predicted octanol–water partition coefficient (Wildman–Crippen LogP) is 3.55. The summed E-state index contributed by atoms with van der Waals surface area (Å²) >= 11 is 5.28. The van der Waals surface area contributed by atoms with Crippen LogP contribution in [0.5, 0.6) is 0 Å². The molecule has 1 heterocycles. The van der Waals surface area contributed by atoms with E-state index in [1.807, 2.05) is 12.1 Å². The molecule has 2 N–H and O–H groups in total. The van der Waals surface area contributed by atoms with Crippen LogP contribution in [0.25, 0.3) is 10.1 Å². The van der Waals surface area contributed by atoms with Crippen LogP contribution in [0.4, 0.5) is 5.69 Å². The number of fused-ring (bicyclic) bond motifs is 1. The average Bonchev–Trinajstić information content (AvgIpc) is 2.29. The molecule has 0 bridgehead atoms. The Balaban J connectivity index is 2.88. The van der Waals surface area contributed by atoms with E-state index in [4.69, 9.17) is 5.73 Å². The first-order valence-electron chi connectivity index (χ1n) is 3.62. The van der Waals surface area contributed by atoms with E-state index in [-0.39, 0.29) is 0 Å². The molecule has 0 amide bonds. The molecule has 0 fully saturated rings. The summed E-state index contributed by atoms with van der Waals surface area (Å²) in [7, 11) is 0. The molecule has 0 aliphatic rings. The van der Waals surface area contributed by atoms with Crippen molar-refractivity contribution in [1.82, 2.24) is 0 Å². The lowest BCUT2D eigenvalue weighted by Crippen LogP contribution is -1.82. The number of rotatable bonds is 0. The third kappa shape index (κ3) is 1.23. The van der Waals surface area contributed by atoms with E-state index in [0.717, 1.165) is 10.2 Å². The highest BCUT2D eigenvalue weighted by Gasteiger charge is 2.03. The van der Waals surface area contributed by atoms with Gasteiger partial charge in [-0.2, -0.15) is 0 Å². The van der Waals surface area contributed by atoms with Gasteiger partial charge in [0.05, 0.1) is 0 Å². The Kier molecular flexibility index (Phi) is 1.85. The van der Waals surface area contributed by atoms with Gasteiger partial charge in [0.2, 0.25) is 0 Å². The molecule has 1 aromatic heterocycles. The second kappa shape index (κ2) is 2.75. The maximum absolute atomic E-state index is 5.71. The lowest BCUT2D eigenvalue weighted by molar-refractivity contribution is 1.65. The third-order valence-corrected chi connectivity index (χ3v) is 3.70. The van der Waals surface area contributed by atoms with Crippen molar-refractivity contribution in [3.63, 3.8) is 0 Å². The minimum atomic E-state index is 0.812. The number of nitrogen functional groups attached to an aromatic ring is 1. The molecule has 0 saturated heterocycles. The van der Waals surface area contributed by atoms with Crippen molar-refractivity contribution in [2.75, 3.05) is 5.73 Å². The smallest absolute Gasteiger partial charge is 0.0489 e. The normalized spacial score (nSPS) is 10.8. The Labute approximate surface area is 83.3 Å². The Morgan fingerprint density at radius 3 is 2.83 bits per heavy atom. The summed E-state index contributed by atoms with van der Waals surface area (Å²) in [5, 5.41) is 1.23. The van der Waals surface area contributed by atoms with E-state index in [9.17, 15) is 0 Å². The van der Waals surface area contributed by atoms with Crippen LogP contribution in [0.3, 0.4) is 0 Å². The summed E-state index contributed by atoms with van der Waals surface area (Å²) in [5.74, 6) is 0. The van der Waals surface area contributed by atoms with E-state index >= 15 is 0 Å². The molecule has 0 atom stereocenters. The van der Waals surface area contributed by atoms with Gasteiger partial charge in [-0.1, -0.05) is 0 Å². The first kappa shape index (κ1) is 8.08. The Morgan fingerprint density at radius 1 is 1.33 bits per heavy atom. The minimum Gasteiger partial charge on any atom is -0.399 e. The van der Waals surface area contributed by atoms with Crippen LogP contribution in [-0.4, -0.2) is 0 Å². The van der Waals surface area contributed by atoms with Gasteiger partial charge in [0.1, 0.15) is 0 Å². The molecule has 0 aliphatic heterocycles. The second-order valence-corrected chi connectivity index (χ2v) is 4.89. The van der Waals surface area contributed by atoms with Gasteiger partial charge in [-0.3, -0.25) is 0 Å². The summed E-state index contributed by atoms with van der Waals surface area (Å²) in [6.07, 6.45) is 0. The van der Waals surface area contributed by atoms with Gasteiger partial charge in [-0.25, -0.2) is 0 Å². The van der Waals surface area contributed by atoms with Crippen LogP contribution in [0.15, 0.2) is 22.7 Å². The number of benzene rings is 1. The molecule has 2 rings (SSSR count). The second-order valence-electron chi connectivity index (χ2n) is 2.78. The van der Waals surface area contributed by atoms with Crippen LogP contribution < -0.4 is 5.73 Å². The fourth-order valence-electron chi connectivity index (χ4n) is 1.26. The van der Waals surface area contributed by atoms with Crippen molar-refractivity contribution in [2.45, 2.75) is 6.92 Å². The largest absolute Gasteiger partial charge is 0.399 e. The zero-order valence-electron chi connectivity index (χ0n) is 6.60. The lowest BCUT2D eigenvalue weighted by Gasteiger charge is -1.95. The Bertz CT molecular complexity index is 433. The van der Waals surface area contributed by atoms with Crippen molar-refractivity contribution in [2.24, 2.45) is 0 Å². The predicted molar refractivity (Wildman–Crippen MR) is 58.7 cm³/mol. The molecule has 1 nitrogen and oxygen atoms in total. The van der Waals surface area contributed by atoms with Gasteiger partial charge in [-0.05, 0) is 46.4 Å². The van der Waals surface area contributed by atoms with Crippen molar-refractivity contribution < 1.29 is 0 Å². The number of hydrogen-bond acceptors (Lipinski definition) is 2. The van der Waals surface area contributed by atoms with Crippen molar-refractivity contribution in [3.05, 3.63) is 27.5 Å². The number of aryl methyl sites for hydroxylation is 1. The zero-order chi connectivity index (χ0) is 8.72. The third-order valence-electron chi connectivity index (χ3n) is 1.72. The number of hydrogen-bond donors (Lipinski definition) is 1. The van der Waals surface area contributed by atoms with Crippen LogP contribution >= 0.6 is 27.3 Å². The highest BCUT2D eigenvalue weighted by Crippen LogP contribution is 2.33. The van der Waals surface area contributed by atoms with Crippen LogP contribution in [0.2, 0.25) is 0 Å². The van der Waals surface area contributed by atoms with Crippen molar-refractivity contribution in [1.29, 1.82) is 0 Å². The molecule has 0 saturated carbocycles. The number of nitrogens with two attached hydrogens (primary N) is 1. The Morgan fingerprint density at radius 2 is 2.08 bits per heavy atom. The van der Waals surface area contributed by atoms with Gasteiger partial charge in [0.25, 0.3) is 0 Å². The topological polar surface area (TPSA) is 26.0 Å². The molecule has 0 spiro atoms. The van der Waals surface area contributed by atoms with E-state index in [1.54, 1.807) is 11.3 Å². The van der Waals surface area contributed by atoms with Crippen molar-refractivity contribution >= 4 is 43.0 Å². The summed E-state index contributed by atoms with van der Waals surface area (Å²) in [5.41, 5.74) is 6.52. The van der Waals surface area contributed by atoms with Gasteiger partial charge in [0.15, 0.2) is 0 Å². The molecule has 62 valence electrons. The van der Waals surface area contributed by atoms with Gasteiger partial charge in [0, 0.05) is 19.7 Å².